The summed E-state index contributed by atoms with van der Waals surface area (Å²) in [5, 5.41) is 2.10. The maximum absolute atomic E-state index is 6.42. The van der Waals surface area contributed by atoms with Crippen molar-refractivity contribution in [1.29, 1.82) is 0 Å². The summed E-state index contributed by atoms with van der Waals surface area (Å²) in [7, 11) is 0. The van der Waals surface area contributed by atoms with E-state index in [4.69, 9.17) is 5.73 Å². The van der Waals surface area contributed by atoms with Crippen LogP contribution in [0.15, 0.2) is 41.8 Å². The number of benzene rings is 1. The van der Waals surface area contributed by atoms with Gasteiger partial charge in [0.15, 0.2) is 0 Å². The van der Waals surface area contributed by atoms with Gasteiger partial charge in [0, 0.05) is 4.88 Å². The number of hydrogen-bond acceptors (Lipinski definition) is 2. The fraction of sp³-hybridized carbons (Fsp3) is 0.231. The third-order valence-electron chi connectivity index (χ3n) is 2.71. The van der Waals surface area contributed by atoms with Gasteiger partial charge in [0.05, 0.1) is 5.54 Å². The van der Waals surface area contributed by atoms with Gasteiger partial charge in [-0.2, -0.15) is 0 Å². The molecule has 78 valence electrons. The van der Waals surface area contributed by atoms with Crippen molar-refractivity contribution in [2.45, 2.75) is 19.4 Å². The largest absolute Gasteiger partial charge is 0.317 e. The van der Waals surface area contributed by atoms with Gasteiger partial charge in [-0.25, -0.2) is 0 Å². The van der Waals surface area contributed by atoms with Gasteiger partial charge in [0.2, 0.25) is 0 Å². The van der Waals surface area contributed by atoms with E-state index in [0.29, 0.717) is 0 Å². The topological polar surface area (TPSA) is 26.0 Å². The highest BCUT2D eigenvalue weighted by molar-refractivity contribution is 7.10. The average molecular weight is 217 g/mol. The molecule has 1 unspecified atom stereocenters. The molecule has 0 saturated heterocycles. The molecule has 1 aromatic heterocycles. The minimum absolute atomic E-state index is 0.375. The summed E-state index contributed by atoms with van der Waals surface area (Å²) in [5.41, 5.74) is 8.47. The molecule has 2 heteroatoms. The highest BCUT2D eigenvalue weighted by Gasteiger charge is 2.26. The van der Waals surface area contributed by atoms with Crippen molar-refractivity contribution in [2.24, 2.45) is 5.73 Å². The second kappa shape index (κ2) is 3.80. The molecule has 1 atom stereocenters. The first kappa shape index (κ1) is 10.4. The zero-order valence-electron chi connectivity index (χ0n) is 9.03. The van der Waals surface area contributed by atoms with Crippen molar-refractivity contribution in [3.05, 3.63) is 57.8 Å². The van der Waals surface area contributed by atoms with Crippen LogP contribution in [0.25, 0.3) is 0 Å². The van der Waals surface area contributed by atoms with Gasteiger partial charge in [-0.05, 0) is 36.4 Å². The third-order valence-corrected chi connectivity index (χ3v) is 3.96. The van der Waals surface area contributed by atoms with E-state index < -0.39 is 0 Å². The van der Waals surface area contributed by atoms with Crippen LogP contribution in [0.4, 0.5) is 0 Å². The molecule has 2 rings (SSSR count). The number of aryl methyl sites for hydroxylation is 1. The third kappa shape index (κ3) is 1.83. The van der Waals surface area contributed by atoms with Gasteiger partial charge in [-0.15, -0.1) is 11.3 Å². The Kier molecular flexibility index (Phi) is 2.63. The van der Waals surface area contributed by atoms with Crippen molar-refractivity contribution in [1.82, 2.24) is 0 Å². The molecule has 0 aliphatic rings. The van der Waals surface area contributed by atoms with Crippen LogP contribution in [0.5, 0.6) is 0 Å². The highest BCUT2D eigenvalue weighted by Crippen LogP contribution is 2.32. The Morgan fingerprint density at radius 1 is 1.13 bits per heavy atom. The Morgan fingerprint density at radius 2 is 1.80 bits per heavy atom. The molecule has 0 aliphatic carbocycles. The van der Waals surface area contributed by atoms with E-state index in [1.54, 1.807) is 11.3 Å². The summed E-state index contributed by atoms with van der Waals surface area (Å²) in [5.74, 6) is 0. The fourth-order valence-electron chi connectivity index (χ4n) is 1.82. The molecular formula is C13H15NS. The molecule has 15 heavy (non-hydrogen) atoms. The molecule has 1 heterocycles. The van der Waals surface area contributed by atoms with Gasteiger partial charge in [-0.1, -0.05) is 30.3 Å². The predicted octanol–water partition coefficient (Wildman–Crippen LogP) is 3.28. The monoisotopic (exact) mass is 217 g/mol. The molecule has 0 aliphatic heterocycles. The molecule has 0 spiro atoms. The van der Waals surface area contributed by atoms with E-state index in [1.807, 2.05) is 18.2 Å². The maximum Gasteiger partial charge on any atom is 0.0733 e. The normalized spacial score (nSPS) is 14.9. The summed E-state index contributed by atoms with van der Waals surface area (Å²) in [6.07, 6.45) is 0. The van der Waals surface area contributed by atoms with Crippen molar-refractivity contribution in [3.8, 4) is 0 Å². The van der Waals surface area contributed by atoms with Crippen molar-refractivity contribution >= 4 is 11.3 Å². The lowest BCUT2D eigenvalue weighted by Gasteiger charge is -2.25. The zero-order chi connectivity index (χ0) is 10.9. The van der Waals surface area contributed by atoms with E-state index in [0.717, 1.165) is 5.56 Å². The molecule has 1 aromatic carbocycles. The number of nitrogens with two attached hydrogens (primary N) is 1. The Bertz CT molecular complexity index is 443. The first-order valence-electron chi connectivity index (χ1n) is 5.01. The van der Waals surface area contributed by atoms with Crippen molar-refractivity contribution < 1.29 is 0 Å². The molecule has 0 radical (unpaired) electrons. The van der Waals surface area contributed by atoms with E-state index in [1.165, 1.54) is 10.4 Å². The Morgan fingerprint density at radius 3 is 2.33 bits per heavy atom. The van der Waals surface area contributed by atoms with Crippen molar-refractivity contribution in [3.63, 3.8) is 0 Å². The SMILES string of the molecule is Cc1ccsc1C(C)(N)c1ccccc1. The minimum Gasteiger partial charge on any atom is -0.317 e. The second-order valence-corrected chi connectivity index (χ2v) is 4.92. The highest BCUT2D eigenvalue weighted by atomic mass is 32.1. The van der Waals surface area contributed by atoms with Crippen LogP contribution >= 0.6 is 11.3 Å². The van der Waals surface area contributed by atoms with Gasteiger partial charge < -0.3 is 5.73 Å². The molecular weight excluding hydrogens is 202 g/mol. The summed E-state index contributed by atoms with van der Waals surface area (Å²) in [6, 6.07) is 12.4. The Hall–Kier alpha value is -1.12. The quantitative estimate of drug-likeness (QED) is 0.820. The first-order valence-corrected chi connectivity index (χ1v) is 5.89. The lowest BCUT2D eigenvalue weighted by molar-refractivity contribution is 0.613. The van der Waals surface area contributed by atoms with Crippen molar-refractivity contribution in [2.75, 3.05) is 0 Å². The van der Waals surface area contributed by atoms with Crippen LogP contribution in [0.2, 0.25) is 0 Å². The summed E-state index contributed by atoms with van der Waals surface area (Å²) < 4.78 is 0. The fourth-order valence-corrected chi connectivity index (χ4v) is 2.85. The maximum atomic E-state index is 6.42. The number of rotatable bonds is 2. The van der Waals surface area contributed by atoms with Crippen LogP contribution in [-0.2, 0) is 5.54 Å². The molecule has 0 bridgehead atoms. The Labute approximate surface area is 94.6 Å². The lowest BCUT2D eigenvalue weighted by Crippen LogP contribution is -2.33. The van der Waals surface area contributed by atoms with E-state index in [2.05, 4.69) is 37.4 Å². The standard InChI is InChI=1S/C13H15NS/c1-10-8-9-15-12(10)13(2,14)11-6-4-3-5-7-11/h3-9H,14H2,1-2H3. The first-order chi connectivity index (χ1) is 7.12. The number of hydrogen-bond donors (Lipinski definition) is 1. The zero-order valence-corrected chi connectivity index (χ0v) is 9.84. The molecule has 1 nitrogen and oxygen atoms in total. The van der Waals surface area contributed by atoms with Gasteiger partial charge in [-0.3, -0.25) is 0 Å². The lowest BCUT2D eigenvalue weighted by atomic mass is 9.90. The van der Waals surface area contributed by atoms with Crippen LogP contribution in [0, 0.1) is 6.92 Å². The Balaban J connectivity index is 2.48. The van der Waals surface area contributed by atoms with Crippen LogP contribution in [0.3, 0.4) is 0 Å². The van der Waals surface area contributed by atoms with Gasteiger partial charge in [0.25, 0.3) is 0 Å². The smallest absolute Gasteiger partial charge is 0.0733 e. The van der Waals surface area contributed by atoms with Crippen LogP contribution in [-0.4, -0.2) is 0 Å². The van der Waals surface area contributed by atoms with E-state index in [-0.39, 0.29) is 5.54 Å². The van der Waals surface area contributed by atoms with E-state index in [9.17, 15) is 0 Å². The van der Waals surface area contributed by atoms with E-state index >= 15 is 0 Å². The van der Waals surface area contributed by atoms with Crippen LogP contribution < -0.4 is 5.73 Å². The minimum atomic E-state index is -0.375. The summed E-state index contributed by atoms with van der Waals surface area (Å²) >= 11 is 1.73. The number of thiophene rings is 1. The predicted molar refractivity (Wildman–Crippen MR) is 66.1 cm³/mol. The second-order valence-electron chi connectivity index (χ2n) is 4.00. The molecule has 0 saturated carbocycles. The summed E-state index contributed by atoms with van der Waals surface area (Å²) in [4.78, 5) is 1.24. The van der Waals surface area contributed by atoms with Gasteiger partial charge >= 0.3 is 0 Å². The van der Waals surface area contributed by atoms with Gasteiger partial charge in [0.1, 0.15) is 0 Å². The average Bonchev–Trinajstić information content (AvgIpc) is 2.66. The molecule has 0 fully saturated rings. The summed E-state index contributed by atoms with van der Waals surface area (Å²) in [6.45, 7) is 4.18. The molecule has 2 aromatic rings. The van der Waals surface area contributed by atoms with Crippen LogP contribution in [0.1, 0.15) is 22.9 Å². The molecule has 0 amide bonds. The molecule has 2 N–H and O–H groups in total.